The minimum absolute atomic E-state index is 0.00697. The highest BCUT2D eigenvalue weighted by Crippen LogP contribution is 2.42. The summed E-state index contributed by atoms with van der Waals surface area (Å²) in [5.74, 6) is 0.407. The number of halogens is 2. The van der Waals surface area contributed by atoms with Gasteiger partial charge < -0.3 is 14.4 Å². The monoisotopic (exact) mass is 410 g/mol. The lowest BCUT2D eigenvalue weighted by atomic mass is 9.83. The third-order valence-electron chi connectivity index (χ3n) is 4.75. The summed E-state index contributed by atoms with van der Waals surface area (Å²) in [4.78, 5) is 17.1. The molecular weight excluding hydrogens is 395 g/mol. The Labute approximate surface area is 163 Å². The highest BCUT2D eigenvalue weighted by Gasteiger charge is 2.43. The van der Waals surface area contributed by atoms with E-state index in [4.69, 9.17) is 38.2 Å². The van der Waals surface area contributed by atoms with Crippen LogP contribution in [0.15, 0.2) is 17.2 Å². The van der Waals surface area contributed by atoms with Gasteiger partial charge in [-0.1, -0.05) is 33.5 Å². The second-order valence-electron chi connectivity index (χ2n) is 6.06. The normalized spacial score (nSPS) is 25.5. The molecule has 7 nitrogen and oxygen atoms in total. The van der Waals surface area contributed by atoms with Gasteiger partial charge in [0.05, 0.1) is 36.3 Å². The average molecular weight is 411 g/mol. The Balaban J connectivity index is 1.87. The predicted octanol–water partition coefficient (Wildman–Crippen LogP) is 2.74. The molecule has 1 aromatic rings. The number of rotatable bonds is 4. The fourth-order valence-electron chi connectivity index (χ4n) is 3.48. The van der Waals surface area contributed by atoms with Crippen molar-refractivity contribution in [3.8, 4) is 5.75 Å². The van der Waals surface area contributed by atoms with Crippen molar-refractivity contribution >= 4 is 44.1 Å². The number of fused-ring (bicyclic) bond motifs is 1. The first-order valence-corrected chi connectivity index (χ1v) is 9.28. The van der Waals surface area contributed by atoms with Gasteiger partial charge in [-0.25, -0.2) is 0 Å². The van der Waals surface area contributed by atoms with E-state index in [1.165, 1.54) is 0 Å². The summed E-state index contributed by atoms with van der Waals surface area (Å²) in [6, 6.07) is 3.25. The van der Waals surface area contributed by atoms with Gasteiger partial charge in [-0.05, 0) is 24.1 Å². The zero-order valence-corrected chi connectivity index (χ0v) is 16.5. The van der Waals surface area contributed by atoms with E-state index in [9.17, 15) is 4.79 Å². The minimum Gasteiger partial charge on any atom is -0.496 e. The maximum absolute atomic E-state index is 12.6. The summed E-state index contributed by atoms with van der Waals surface area (Å²) in [5, 5.41) is 5.24. The first-order chi connectivity index (χ1) is 12.5. The second kappa shape index (κ2) is 7.98. The first-order valence-electron chi connectivity index (χ1n) is 8.02. The van der Waals surface area contributed by atoms with Gasteiger partial charge in [0.25, 0.3) is 5.91 Å². The molecule has 0 aromatic heterocycles. The summed E-state index contributed by atoms with van der Waals surface area (Å²) < 4.78 is 11.1. The molecule has 1 unspecified atom stereocenters. The molecule has 3 atom stereocenters. The van der Waals surface area contributed by atoms with E-state index in [-0.39, 0.29) is 24.4 Å². The average Bonchev–Trinajstić information content (AvgIpc) is 2.64. The van der Waals surface area contributed by atoms with Gasteiger partial charge in [0.1, 0.15) is 11.9 Å². The lowest BCUT2D eigenvalue weighted by Gasteiger charge is -2.46. The van der Waals surface area contributed by atoms with Crippen molar-refractivity contribution in [3.05, 3.63) is 38.2 Å². The van der Waals surface area contributed by atoms with Crippen LogP contribution in [0.25, 0.3) is 10.4 Å². The zero-order chi connectivity index (χ0) is 18.8. The van der Waals surface area contributed by atoms with E-state index < -0.39 is 6.10 Å². The summed E-state index contributed by atoms with van der Waals surface area (Å²) >= 11 is 12.7. The molecule has 10 heteroatoms. The molecule has 0 bridgehead atoms. The fourth-order valence-corrected chi connectivity index (χ4v) is 4.46. The number of carbonyl (C=O) groups is 1. The van der Waals surface area contributed by atoms with Gasteiger partial charge in [-0.15, -0.1) is 0 Å². The van der Waals surface area contributed by atoms with Gasteiger partial charge in [-0.2, -0.15) is 0 Å². The third-order valence-corrected chi connectivity index (χ3v) is 6.26. The van der Waals surface area contributed by atoms with Gasteiger partial charge in [-0.3, -0.25) is 4.79 Å². The van der Waals surface area contributed by atoms with Crippen LogP contribution in [0.5, 0.6) is 5.75 Å². The number of benzene rings is 1. The van der Waals surface area contributed by atoms with Crippen LogP contribution in [-0.2, 0) is 9.53 Å². The van der Waals surface area contributed by atoms with Crippen molar-refractivity contribution in [2.75, 3.05) is 26.8 Å². The number of azide groups is 1. The number of hydrogen-bond donors (Lipinski definition) is 0. The lowest BCUT2D eigenvalue weighted by molar-refractivity contribution is -0.155. The van der Waals surface area contributed by atoms with Crippen LogP contribution in [0.2, 0.25) is 10.0 Å². The quantitative estimate of drug-likeness (QED) is 0.330. The van der Waals surface area contributed by atoms with Crippen molar-refractivity contribution in [2.45, 2.75) is 24.5 Å². The molecule has 1 aromatic carbocycles. The highest BCUT2D eigenvalue weighted by atomic mass is 35.5. The Morgan fingerprint density at radius 2 is 2.27 bits per heavy atom. The largest absolute Gasteiger partial charge is 0.496 e. The molecular formula is C16H16Cl2N4O3Si. The molecule has 2 radical (unpaired) electrons. The molecule has 0 N–H and O–H groups in total. The Kier molecular flexibility index (Phi) is 5.89. The number of morpholine rings is 1. The molecule has 1 amide bonds. The number of methoxy groups -OCH3 is 1. The van der Waals surface area contributed by atoms with Gasteiger partial charge in [0.2, 0.25) is 0 Å². The van der Waals surface area contributed by atoms with E-state index in [1.807, 2.05) is 0 Å². The van der Waals surface area contributed by atoms with Crippen LogP contribution in [0, 0.1) is 0 Å². The van der Waals surface area contributed by atoms with E-state index >= 15 is 0 Å². The minimum atomic E-state index is -0.734. The van der Waals surface area contributed by atoms with Crippen LogP contribution in [-0.4, -0.2) is 64.8 Å². The number of nitrogens with zero attached hydrogens (tertiary/aromatic N) is 4. The van der Waals surface area contributed by atoms with Crippen LogP contribution >= 0.6 is 23.2 Å². The first kappa shape index (κ1) is 19.2. The maximum Gasteiger partial charge on any atom is 0.252 e. The lowest BCUT2D eigenvalue weighted by Crippen LogP contribution is -2.61. The van der Waals surface area contributed by atoms with Crippen molar-refractivity contribution in [3.63, 3.8) is 0 Å². The fraction of sp³-hybridized carbons (Fsp3) is 0.500. The van der Waals surface area contributed by atoms with Crippen LogP contribution in [0.3, 0.4) is 0 Å². The van der Waals surface area contributed by atoms with E-state index in [2.05, 4.69) is 19.9 Å². The Hall–Kier alpha value is -1.57. The number of hydrogen-bond acceptors (Lipinski definition) is 4. The molecule has 2 saturated heterocycles. The number of ether oxygens (including phenoxy) is 2. The van der Waals surface area contributed by atoms with E-state index in [0.717, 1.165) is 10.7 Å². The van der Waals surface area contributed by atoms with Crippen molar-refractivity contribution in [1.29, 1.82) is 0 Å². The molecule has 2 heterocycles. The van der Waals surface area contributed by atoms with Crippen LogP contribution < -0.4 is 4.74 Å². The van der Waals surface area contributed by atoms with Crippen molar-refractivity contribution < 1.29 is 14.3 Å². The standard InChI is InChI=1S/C16H16Cl2N4O3Si/c1-24-11-3-2-9(17)14(18)13(11)8-4-5-22-10(15(8)26)7-25-12(16(22)23)6-20-21-19/h2-3,8,10,12H,4-7H2,1H3/t8-,10+,12?/m0/s1. The molecule has 2 fully saturated rings. The molecule has 3 rings (SSSR count). The Morgan fingerprint density at radius 3 is 2.96 bits per heavy atom. The second-order valence-corrected chi connectivity index (χ2v) is 7.42. The molecule has 0 spiro atoms. The number of amides is 1. The molecule has 136 valence electrons. The maximum atomic E-state index is 12.6. The van der Waals surface area contributed by atoms with Crippen LogP contribution in [0.1, 0.15) is 17.9 Å². The van der Waals surface area contributed by atoms with Gasteiger partial charge >= 0.3 is 0 Å². The molecule has 2 aliphatic heterocycles. The Morgan fingerprint density at radius 1 is 1.50 bits per heavy atom. The number of piperidine rings is 1. The number of carbonyl (C=O) groups excluding carboxylic acids is 1. The van der Waals surface area contributed by atoms with E-state index in [1.54, 1.807) is 24.1 Å². The van der Waals surface area contributed by atoms with Crippen LogP contribution in [0.4, 0.5) is 0 Å². The molecule has 2 aliphatic rings. The van der Waals surface area contributed by atoms with Crippen molar-refractivity contribution in [1.82, 2.24) is 4.90 Å². The SMILES string of the molecule is COc1ccc(Cl)c(Cl)c1[C@@H]1CCN2C(=O)C(CN=[N+]=[N-])OC[C@@H]2C1=[Si]. The molecule has 0 aliphatic carbocycles. The molecule has 26 heavy (non-hydrogen) atoms. The highest BCUT2D eigenvalue weighted by molar-refractivity contribution is 6.45. The topological polar surface area (TPSA) is 87.5 Å². The summed E-state index contributed by atoms with van der Waals surface area (Å²) in [5.41, 5.74) is 9.25. The smallest absolute Gasteiger partial charge is 0.252 e. The van der Waals surface area contributed by atoms with Gasteiger partial charge in [0.15, 0.2) is 0 Å². The van der Waals surface area contributed by atoms with Gasteiger partial charge in [0, 0.05) is 32.8 Å². The Bertz CT molecular complexity index is 800. The molecule has 0 saturated carbocycles. The van der Waals surface area contributed by atoms with Crippen molar-refractivity contribution in [2.24, 2.45) is 5.11 Å². The summed E-state index contributed by atoms with van der Waals surface area (Å²) in [6.45, 7) is 0.838. The zero-order valence-electron chi connectivity index (χ0n) is 14.0. The summed E-state index contributed by atoms with van der Waals surface area (Å²) in [7, 11) is 5.30. The predicted molar refractivity (Wildman–Crippen MR) is 100 cm³/mol. The third kappa shape index (κ3) is 3.35. The van der Waals surface area contributed by atoms with E-state index in [0.29, 0.717) is 35.4 Å². The summed E-state index contributed by atoms with van der Waals surface area (Å²) in [6.07, 6.45) is -0.0754.